The fourth-order valence-corrected chi connectivity index (χ4v) is 2.84. The van der Waals surface area contributed by atoms with Gasteiger partial charge in [0.2, 0.25) is 0 Å². The SMILES string of the molecule is Cc1ncn(CCNC(=O)c2ccccc2C(=O)c2ccccc2)c(=O)c1C. The normalized spacial score (nSPS) is 10.5. The van der Waals surface area contributed by atoms with Crippen molar-refractivity contribution in [1.29, 1.82) is 0 Å². The summed E-state index contributed by atoms with van der Waals surface area (Å²) in [6.45, 7) is 4.05. The van der Waals surface area contributed by atoms with Gasteiger partial charge >= 0.3 is 0 Å². The zero-order valence-electron chi connectivity index (χ0n) is 15.8. The second kappa shape index (κ2) is 8.43. The maximum atomic E-state index is 12.7. The van der Waals surface area contributed by atoms with Crippen molar-refractivity contribution >= 4 is 11.7 Å². The molecule has 1 heterocycles. The molecule has 142 valence electrons. The molecule has 0 radical (unpaired) electrons. The third-order valence-corrected chi connectivity index (χ3v) is 4.61. The Bertz CT molecular complexity index is 1070. The van der Waals surface area contributed by atoms with E-state index in [0.717, 1.165) is 0 Å². The summed E-state index contributed by atoms with van der Waals surface area (Å²) in [5.74, 6) is -0.564. The van der Waals surface area contributed by atoms with Crippen LogP contribution in [0.3, 0.4) is 0 Å². The first-order valence-electron chi connectivity index (χ1n) is 8.98. The van der Waals surface area contributed by atoms with Gasteiger partial charge in [-0.15, -0.1) is 0 Å². The van der Waals surface area contributed by atoms with E-state index in [0.29, 0.717) is 34.5 Å². The molecule has 1 N–H and O–H groups in total. The van der Waals surface area contributed by atoms with Crippen molar-refractivity contribution in [2.75, 3.05) is 6.54 Å². The number of carbonyl (C=O) groups is 2. The third kappa shape index (κ3) is 4.06. The molecule has 0 atom stereocenters. The topological polar surface area (TPSA) is 81.1 Å². The van der Waals surface area contributed by atoms with Gasteiger partial charge in [0.25, 0.3) is 11.5 Å². The standard InChI is InChI=1S/C22H21N3O3/c1-15-16(2)24-14-25(22(15)28)13-12-23-21(27)19-11-7-6-10-18(19)20(26)17-8-4-3-5-9-17/h3-11,14H,12-13H2,1-2H3,(H,23,27). The van der Waals surface area contributed by atoms with Crippen LogP contribution in [0.1, 0.15) is 37.5 Å². The number of rotatable bonds is 6. The van der Waals surface area contributed by atoms with Crippen LogP contribution < -0.4 is 10.9 Å². The van der Waals surface area contributed by atoms with E-state index < -0.39 is 0 Å². The fraction of sp³-hybridized carbons (Fsp3) is 0.182. The summed E-state index contributed by atoms with van der Waals surface area (Å²) in [6.07, 6.45) is 1.48. The molecule has 0 aliphatic carbocycles. The number of nitrogens with zero attached hydrogens (tertiary/aromatic N) is 2. The number of amides is 1. The summed E-state index contributed by atoms with van der Waals surface area (Å²) in [5, 5.41) is 2.78. The van der Waals surface area contributed by atoms with Gasteiger partial charge in [-0.25, -0.2) is 4.98 Å². The minimum atomic E-state index is -0.357. The van der Waals surface area contributed by atoms with Gasteiger partial charge in [-0.05, 0) is 19.9 Å². The molecule has 3 rings (SSSR count). The molecule has 3 aromatic rings. The van der Waals surface area contributed by atoms with Crippen molar-refractivity contribution in [3.05, 3.63) is 99.2 Å². The summed E-state index contributed by atoms with van der Waals surface area (Å²) >= 11 is 0. The average Bonchev–Trinajstić information content (AvgIpc) is 2.73. The van der Waals surface area contributed by atoms with Crippen molar-refractivity contribution in [2.45, 2.75) is 20.4 Å². The number of aromatic nitrogens is 2. The largest absolute Gasteiger partial charge is 0.350 e. The summed E-state index contributed by atoms with van der Waals surface area (Å²) in [4.78, 5) is 41.8. The lowest BCUT2D eigenvalue weighted by Crippen LogP contribution is -2.32. The number of ketones is 1. The first-order chi connectivity index (χ1) is 13.5. The average molecular weight is 375 g/mol. The van der Waals surface area contributed by atoms with Gasteiger partial charge in [-0.1, -0.05) is 48.5 Å². The highest BCUT2D eigenvalue weighted by atomic mass is 16.2. The van der Waals surface area contributed by atoms with E-state index in [9.17, 15) is 14.4 Å². The lowest BCUT2D eigenvalue weighted by atomic mass is 9.98. The van der Waals surface area contributed by atoms with Crippen LogP contribution in [0.4, 0.5) is 0 Å². The van der Waals surface area contributed by atoms with E-state index in [-0.39, 0.29) is 23.8 Å². The van der Waals surface area contributed by atoms with Gasteiger partial charge in [0.15, 0.2) is 5.78 Å². The minimum Gasteiger partial charge on any atom is -0.350 e. The van der Waals surface area contributed by atoms with Crippen LogP contribution in [-0.4, -0.2) is 27.8 Å². The Labute approximate surface area is 162 Å². The Morgan fingerprint density at radius 3 is 2.32 bits per heavy atom. The van der Waals surface area contributed by atoms with Crippen molar-refractivity contribution < 1.29 is 9.59 Å². The predicted octanol–water partition coefficient (Wildman–Crippen LogP) is 2.52. The second-order valence-corrected chi connectivity index (χ2v) is 6.45. The first-order valence-corrected chi connectivity index (χ1v) is 8.98. The van der Waals surface area contributed by atoms with Crippen LogP contribution in [0.15, 0.2) is 65.7 Å². The number of benzene rings is 2. The van der Waals surface area contributed by atoms with Crippen molar-refractivity contribution in [3.8, 4) is 0 Å². The molecule has 6 heteroatoms. The number of hydrogen-bond donors (Lipinski definition) is 1. The molecule has 1 amide bonds. The Kier molecular flexibility index (Phi) is 5.79. The highest BCUT2D eigenvalue weighted by molar-refractivity contribution is 6.15. The molecular weight excluding hydrogens is 354 g/mol. The Morgan fingerprint density at radius 2 is 1.61 bits per heavy atom. The smallest absolute Gasteiger partial charge is 0.256 e. The molecular formula is C22H21N3O3. The minimum absolute atomic E-state index is 0.124. The molecule has 0 unspecified atom stereocenters. The fourth-order valence-electron chi connectivity index (χ4n) is 2.84. The Morgan fingerprint density at radius 1 is 0.964 bits per heavy atom. The molecule has 2 aromatic carbocycles. The van der Waals surface area contributed by atoms with Gasteiger partial charge in [0.05, 0.1) is 11.9 Å². The summed E-state index contributed by atoms with van der Waals surface area (Å²) in [7, 11) is 0. The van der Waals surface area contributed by atoms with Crippen molar-refractivity contribution in [1.82, 2.24) is 14.9 Å². The quantitative estimate of drug-likeness (QED) is 0.672. The van der Waals surface area contributed by atoms with Crippen LogP contribution in [0.5, 0.6) is 0 Å². The van der Waals surface area contributed by atoms with Gasteiger partial charge < -0.3 is 5.32 Å². The van der Waals surface area contributed by atoms with Gasteiger partial charge in [-0.2, -0.15) is 0 Å². The van der Waals surface area contributed by atoms with E-state index in [1.54, 1.807) is 62.4 Å². The number of aryl methyl sites for hydroxylation is 1. The number of nitrogens with one attached hydrogen (secondary N) is 1. The highest BCUT2D eigenvalue weighted by Gasteiger charge is 2.17. The maximum absolute atomic E-state index is 12.7. The van der Waals surface area contributed by atoms with Gasteiger partial charge in [0, 0.05) is 35.5 Å². The predicted molar refractivity (Wildman–Crippen MR) is 107 cm³/mol. The molecule has 0 fully saturated rings. The lowest BCUT2D eigenvalue weighted by molar-refractivity contribution is 0.0940. The Hall–Kier alpha value is -3.54. The van der Waals surface area contributed by atoms with E-state index in [1.165, 1.54) is 10.9 Å². The molecule has 0 aliphatic rings. The number of carbonyl (C=O) groups excluding carboxylic acids is 2. The van der Waals surface area contributed by atoms with Crippen LogP contribution in [0, 0.1) is 13.8 Å². The second-order valence-electron chi connectivity index (χ2n) is 6.45. The van der Waals surface area contributed by atoms with Gasteiger partial charge in [-0.3, -0.25) is 19.0 Å². The van der Waals surface area contributed by atoms with Crippen LogP contribution in [-0.2, 0) is 6.54 Å². The Balaban J connectivity index is 1.73. The first kappa shape index (κ1) is 19.2. The van der Waals surface area contributed by atoms with Crippen LogP contribution >= 0.6 is 0 Å². The van der Waals surface area contributed by atoms with E-state index in [4.69, 9.17) is 0 Å². The molecule has 0 aliphatic heterocycles. The third-order valence-electron chi connectivity index (χ3n) is 4.61. The summed E-state index contributed by atoms with van der Waals surface area (Å²) in [6, 6.07) is 15.5. The van der Waals surface area contributed by atoms with Crippen LogP contribution in [0.25, 0.3) is 0 Å². The molecule has 0 saturated heterocycles. The zero-order chi connectivity index (χ0) is 20.1. The lowest BCUT2D eigenvalue weighted by Gasteiger charge is -2.11. The van der Waals surface area contributed by atoms with Gasteiger partial charge in [0.1, 0.15) is 0 Å². The molecule has 0 spiro atoms. The highest BCUT2D eigenvalue weighted by Crippen LogP contribution is 2.14. The summed E-state index contributed by atoms with van der Waals surface area (Å²) < 4.78 is 1.46. The maximum Gasteiger partial charge on any atom is 0.256 e. The molecule has 1 aromatic heterocycles. The van der Waals surface area contributed by atoms with E-state index >= 15 is 0 Å². The zero-order valence-corrected chi connectivity index (χ0v) is 15.8. The molecule has 6 nitrogen and oxygen atoms in total. The molecule has 28 heavy (non-hydrogen) atoms. The van der Waals surface area contributed by atoms with E-state index in [1.807, 2.05) is 6.07 Å². The summed E-state index contributed by atoms with van der Waals surface area (Å²) in [5.41, 5.74) is 2.33. The monoisotopic (exact) mass is 375 g/mol. The molecule has 0 saturated carbocycles. The van der Waals surface area contributed by atoms with Crippen molar-refractivity contribution in [3.63, 3.8) is 0 Å². The van der Waals surface area contributed by atoms with E-state index in [2.05, 4.69) is 10.3 Å². The van der Waals surface area contributed by atoms with Crippen LogP contribution in [0.2, 0.25) is 0 Å². The van der Waals surface area contributed by atoms with Crippen molar-refractivity contribution in [2.24, 2.45) is 0 Å². The number of hydrogen-bond acceptors (Lipinski definition) is 4. The molecule has 0 bridgehead atoms.